The number of carboxylic acid groups (broad SMARTS) is 1. The number of halogens is 3. The van der Waals surface area contributed by atoms with Gasteiger partial charge in [-0.1, -0.05) is 17.7 Å². The topological polar surface area (TPSA) is 138 Å². The summed E-state index contributed by atoms with van der Waals surface area (Å²) in [5.74, 6) is -1.98. The fourth-order valence-electron chi connectivity index (χ4n) is 3.32. The van der Waals surface area contributed by atoms with Gasteiger partial charge in [-0.05, 0) is 98.7 Å². The number of nitrogens with zero attached hydrogens (tertiary/aromatic N) is 2. The van der Waals surface area contributed by atoms with Gasteiger partial charge in [-0.3, -0.25) is 9.52 Å². The number of rotatable bonds is 8. The van der Waals surface area contributed by atoms with Crippen LogP contribution in [0.5, 0.6) is 0 Å². The molecular formula is C22H15ClI2N4O5S2. The van der Waals surface area contributed by atoms with Gasteiger partial charge in [-0.2, -0.15) is 12.8 Å². The molecule has 2 heterocycles. The second-order valence-electron chi connectivity index (χ2n) is 7.47. The van der Waals surface area contributed by atoms with Gasteiger partial charge in [0.05, 0.1) is 32.6 Å². The zero-order valence-electron chi connectivity index (χ0n) is 17.9. The molecule has 0 saturated carbocycles. The Labute approximate surface area is 242 Å². The standard InChI is InChI=1S/C22H15ClI2N4O5S2/c23-15-4-1-11(7-16(15)25)8-18(22(31)32)28-20(30)13-3-2-12(24)9-17(13)29-36(33,34)21-14-10-27-35-19(14)5-6-26-21/h1-7,9-10,18,29H,8H2,(H,28,30)(H,31,32)/t18-/m0/s1. The van der Waals surface area contributed by atoms with E-state index in [1.807, 2.05) is 45.2 Å². The lowest BCUT2D eigenvalue weighted by atomic mass is 10.1. The number of carboxylic acids is 1. The number of pyridine rings is 1. The van der Waals surface area contributed by atoms with Crippen LogP contribution in [-0.4, -0.2) is 40.8 Å². The van der Waals surface area contributed by atoms with E-state index >= 15 is 0 Å². The average molecular weight is 769 g/mol. The van der Waals surface area contributed by atoms with E-state index in [1.54, 1.807) is 30.3 Å². The van der Waals surface area contributed by atoms with Gasteiger partial charge in [0.2, 0.25) is 0 Å². The quantitative estimate of drug-likeness (QED) is 0.220. The first kappa shape index (κ1) is 27.0. The molecular weight excluding hydrogens is 754 g/mol. The SMILES string of the molecule is O=C(N[C@@H](Cc1ccc(Cl)c(I)c1)C(=O)O)c1ccc(I)cc1NS(=O)(=O)c1nccc2sncc12. The number of hydrogen-bond acceptors (Lipinski definition) is 7. The molecule has 0 bridgehead atoms. The minimum atomic E-state index is -4.19. The lowest BCUT2D eigenvalue weighted by Gasteiger charge is -2.17. The maximum absolute atomic E-state index is 13.2. The molecule has 1 atom stereocenters. The summed E-state index contributed by atoms with van der Waals surface area (Å²) in [5.41, 5.74) is 0.627. The first-order valence-corrected chi connectivity index (χ1v) is 14.8. The number of carbonyl (C=O) groups excluding carboxylic acids is 1. The van der Waals surface area contributed by atoms with Crippen LogP contribution in [-0.2, 0) is 21.2 Å². The first-order valence-electron chi connectivity index (χ1n) is 10.0. The fraction of sp³-hybridized carbons (Fsp3) is 0.0909. The summed E-state index contributed by atoms with van der Waals surface area (Å²) < 4.78 is 34.9. The molecule has 4 rings (SSSR count). The first-order chi connectivity index (χ1) is 17.0. The third kappa shape index (κ3) is 6.07. The molecule has 0 saturated heterocycles. The number of nitrogens with one attached hydrogen (secondary N) is 2. The second kappa shape index (κ2) is 11.1. The number of anilines is 1. The Morgan fingerprint density at radius 1 is 1.14 bits per heavy atom. The highest BCUT2D eigenvalue weighted by Gasteiger charge is 2.26. The number of benzene rings is 2. The molecule has 0 radical (unpaired) electrons. The molecule has 9 nitrogen and oxygen atoms in total. The van der Waals surface area contributed by atoms with Gasteiger partial charge < -0.3 is 10.4 Å². The van der Waals surface area contributed by atoms with Crippen molar-refractivity contribution in [3.8, 4) is 0 Å². The Morgan fingerprint density at radius 2 is 1.92 bits per heavy atom. The molecule has 0 aliphatic rings. The van der Waals surface area contributed by atoms with Crippen molar-refractivity contribution in [2.75, 3.05) is 4.72 Å². The molecule has 14 heteroatoms. The Bertz CT molecular complexity index is 1600. The molecule has 36 heavy (non-hydrogen) atoms. The van der Waals surface area contributed by atoms with Crippen molar-refractivity contribution in [3.05, 3.63) is 78.1 Å². The van der Waals surface area contributed by atoms with E-state index in [0.717, 1.165) is 15.1 Å². The number of carbonyl (C=O) groups is 2. The number of sulfonamides is 1. The smallest absolute Gasteiger partial charge is 0.326 e. The predicted octanol–water partition coefficient (Wildman–Crippen LogP) is 4.78. The minimum Gasteiger partial charge on any atom is -0.480 e. The molecule has 3 N–H and O–H groups in total. The normalized spacial score (nSPS) is 12.3. The molecule has 186 valence electrons. The van der Waals surface area contributed by atoms with Crippen LogP contribution < -0.4 is 10.0 Å². The summed E-state index contributed by atoms with van der Waals surface area (Å²) in [6.45, 7) is 0. The Kier molecular flexibility index (Phi) is 8.33. The number of aromatic nitrogens is 2. The number of amides is 1. The van der Waals surface area contributed by atoms with Gasteiger partial charge in [0, 0.05) is 19.8 Å². The number of hydrogen-bond donors (Lipinski definition) is 3. The Hall–Kier alpha value is -2.08. The van der Waals surface area contributed by atoms with Gasteiger partial charge in [0.1, 0.15) is 6.04 Å². The van der Waals surface area contributed by atoms with Crippen LogP contribution in [0, 0.1) is 7.14 Å². The van der Waals surface area contributed by atoms with Crippen LogP contribution in [0.2, 0.25) is 5.02 Å². The second-order valence-corrected chi connectivity index (χ2v) is 12.7. The number of fused-ring (bicyclic) bond motifs is 1. The van der Waals surface area contributed by atoms with Crippen LogP contribution in [0.4, 0.5) is 5.69 Å². The summed E-state index contributed by atoms with van der Waals surface area (Å²) in [6, 6.07) is 10.0. The molecule has 4 aromatic rings. The average Bonchev–Trinajstić information content (AvgIpc) is 3.29. The van der Waals surface area contributed by atoms with Crippen molar-refractivity contribution in [2.45, 2.75) is 17.5 Å². The fourth-order valence-corrected chi connectivity index (χ4v) is 6.42. The lowest BCUT2D eigenvalue weighted by molar-refractivity contribution is -0.139. The Morgan fingerprint density at radius 3 is 2.64 bits per heavy atom. The van der Waals surface area contributed by atoms with Crippen LogP contribution in [0.3, 0.4) is 0 Å². The number of aliphatic carboxylic acids is 1. The zero-order chi connectivity index (χ0) is 26.0. The van der Waals surface area contributed by atoms with Crippen LogP contribution >= 0.6 is 68.3 Å². The predicted molar refractivity (Wildman–Crippen MR) is 154 cm³/mol. The van der Waals surface area contributed by atoms with E-state index in [1.165, 1.54) is 24.5 Å². The largest absolute Gasteiger partial charge is 0.480 e. The summed E-state index contributed by atoms with van der Waals surface area (Å²) >= 11 is 11.2. The van der Waals surface area contributed by atoms with Crippen molar-refractivity contribution in [1.29, 1.82) is 0 Å². The summed E-state index contributed by atoms with van der Waals surface area (Å²) in [6.07, 6.45) is 2.79. The molecule has 0 aliphatic carbocycles. The molecule has 2 aromatic carbocycles. The van der Waals surface area contributed by atoms with Crippen molar-refractivity contribution in [3.63, 3.8) is 0 Å². The maximum atomic E-state index is 13.2. The van der Waals surface area contributed by atoms with Crippen molar-refractivity contribution < 1.29 is 23.1 Å². The molecule has 0 unspecified atom stereocenters. The maximum Gasteiger partial charge on any atom is 0.326 e. The molecule has 0 aliphatic heterocycles. The lowest BCUT2D eigenvalue weighted by Crippen LogP contribution is -2.42. The molecule has 1 amide bonds. The van der Waals surface area contributed by atoms with Gasteiger partial charge in [-0.25, -0.2) is 9.78 Å². The van der Waals surface area contributed by atoms with E-state index < -0.39 is 27.9 Å². The summed E-state index contributed by atoms with van der Waals surface area (Å²) in [4.78, 5) is 29.0. The van der Waals surface area contributed by atoms with E-state index in [0.29, 0.717) is 24.2 Å². The van der Waals surface area contributed by atoms with Crippen molar-refractivity contribution >= 4 is 106 Å². The van der Waals surface area contributed by atoms with Gasteiger partial charge in [-0.15, -0.1) is 0 Å². The van der Waals surface area contributed by atoms with Crippen molar-refractivity contribution in [2.24, 2.45) is 0 Å². The van der Waals surface area contributed by atoms with E-state index in [-0.39, 0.29) is 22.7 Å². The molecule has 0 spiro atoms. The summed E-state index contributed by atoms with van der Waals surface area (Å²) in [5, 5.41) is 12.9. The highest BCUT2D eigenvalue weighted by atomic mass is 127. The van der Waals surface area contributed by atoms with Crippen molar-refractivity contribution in [1.82, 2.24) is 14.7 Å². The van der Waals surface area contributed by atoms with Gasteiger partial charge >= 0.3 is 5.97 Å². The van der Waals surface area contributed by atoms with Crippen LogP contribution in [0.25, 0.3) is 10.1 Å². The third-order valence-electron chi connectivity index (χ3n) is 5.00. The highest BCUT2D eigenvalue weighted by molar-refractivity contribution is 14.1. The molecule has 2 aromatic heterocycles. The third-order valence-corrected chi connectivity index (χ3v) is 9.30. The molecule has 0 fully saturated rings. The van der Waals surface area contributed by atoms with Crippen LogP contribution in [0.15, 0.2) is 59.9 Å². The van der Waals surface area contributed by atoms with Gasteiger partial charge in [0.15, 0.2) is 5.03 Å². The zero-order valence-corrected chi connectivity index (χ0v) is 24.6. The van der Waals surface area contributed by atoms with E-state index in [4.69, 9.17) is 11.6 Å². The minimum absolute atomic E-state index is 0.00780. The van der Waals surface area contributed by atoms with Gasteiger partial charge in [0.25, 0.3) is 15.9 Å². The Balaban J connectivity index is 1.62. The van der Waals surface area contributed by atoms with E-state index in [2.05, 4.69) is 19.4 Å². The van der Waals surface area contributed by atoms with Crippen LogP contribution in [0.1, 0.15) is 15.9 Å². The van der Waals surface area contributed by atoms with E-state index in [9.17, 15) is 23.1 Å². The highest BCUT2D eigenvalue weighted by Crippen LogP contribution is 2.27. The summed E-state index contributed by atoms with van der Waals surface area (Å²) in [7, 11) is -4.19. The monoisotopic (exact) mass is 768 g/mol.